The number of aldehydes is 1. The molecule has 2 aromatic carbocycles. The molecule has 1 atom stereocenters. The summed E-state index contributed by atoms with van der Waals surface area (Å²) in [6.07, 6.45) is 2.97. The van der Waals surface area contributed by atoms with Crippen molar-refractivity contribution in [2.24, 2.45) is 0 Å². The minimum atomic E-state index is -0.316. The highest BCUT2D eigenvalue weighted by Gasteiger charge is 2.19. The van der Waals surface area contributed by atoms with E-state index >= 15 is 0 Å². The van der Waals surface area contributed by atoms with Crippen LogP contribution in [0.3, 0.4) is 0 Å². The lowest BCUT2D eigenvalue weighted by Crippen LogP contribution is -2.25. The minimum Gasteiger partial charge on any atom is -0.392 e. The van der Waals surface area contributed by atoms with E-state index in [1.54, 1.807) is 0 Å². The molecular weight excluding hydrogens is 250 g/mol. The number of carbonyl (C=O) groups is 1. The van der Waals surface area contributed by atoms with Gasteiger partial charge in [-0.25, -0.2) is 0 Å². The summed E-state index contributed by atoms with van der Waals surface area (Å²) in [7, 11) is 0. The van der Waals surface area contributed by atoms with E-state index in [9.17, 15) is 4.79 Å². The number of nitrogens with one attached hydrogen (secondary N) is 1. The smallest absolute Gasteiger partial charge is 0.146 e. The predicted octanol–water partition coefficient (Wildman–Crippen LogP) is 2.52. The monoisotopic (exact) mass is 265 g/mol. The van der Waals surface area contributed by atoms with Crippen molar-refractivity contribution in [3.8, 4) is 0 Å². The largest absolute Gasteiger partial charge is 0.392 e. The third-order valence-electron chi connectivity index (χ3n) is 3.53. The van der Waals surface area contributed by atoms with Crippen LogP contribution in [-0.4, -0.2) is 11.4 Å². The number of aliphatic hydroxyl groups excluding tert-OH is 1. The molecule has 0 bridgehead atoms. The molecule has 100 valence electrons. The van der Waals surface area contributed by atoms with Crippen molar-refractivity contribution in [3.05, 3.63) is 70.8 Å². The fourth-order valence-electron chi connectivity index (χ4n) is 2.43. The molecule has 2 N–H and O–H groups in total. The van der Waals surface area contributed by atoms with Crippen LogP contribution in [-0.2, 0) is 11.4 Å². The fourth-order valence-corrected chi connectivity index (χ4v) is 2.43. The van der Waals surface area contributed by atoms with Crippen LogP contribution >= 0.6 is 0 Å². The van der Waals surface area contributed by atoms with Gasteiger partial charge in [-0.15, -0.1) is 0 Å². The van der Waals surface area contributed by atoms with Crippen LogP contribution < -0.4 is 5.32 Å². The van der Waals surface area contributed by atoms with Crippen molar-refractivity contribution in [1.82, 2.24) is 5.32 Å². The summed E-state index contributed by atoms with van der Waals surface area (Å²) < 4.78 is 0. The number of fused-ring (bicyclic) bond motifs is 1. The zero-order chi connectivity index (χ0) is 13.9. The molecule has 0 spiro atoms. The van der Waals surface area contributed by atoms with Crippen LogP contribution in [0.5, 0.6) is 0 Å². The molecule has 1 heterocycles. The maximum absolute atomic E-state index is 11.3. The van der Waals surface area contributed by atoms with Gasteiger partial charge in [0.1, 0.15) is 12.3 Å². The Kier molecular flexibility index (Phi) is 3.35. The second kappa shape index (κ2) is 5.31. The molecule has 0 radical (unpaired) electrons. The highest BCUT2D eigenvalue weighted by molar-refractivity contribution is 5.87. The Labute approximate surface area is 117 Å². The molecule has 3 nitrogen and oxygen atoms in total. The van der Waals surface area contributed by atoms with E-state index in [1.807, 2.05) is 54.6 Å². The van der Waals surface area contributed by atoms with E-state index in [0.29, 0.717) is 0 Å². The molecule has 3 heteroatoms. The first-order chi connectivity index (χ1) is 9.81. The fraction of sp³-hybridized carbons (Fsp3) is 0.118. The average Bonchev–Trinajstić information content (AvgIpc) is 2.54. The SMILES string of the molecule is O=CC1NC(c2ccc(CO)cc2)=Cc2ccccc21. The summed E-state index contributed by atoms with van der Waals surface area (Å²) in [4.78, 5) is 11.3. The van der Waals surface area contributed by atoms with Crippen molar-refractivity contribution in [2.75, 3.05) is 0 Å². The average molecular weight is 265 g/mol. The predicted molar refractivity (Wildman–Crippen MR) is 78.6 cm³/mol. The number of rotatable bonds is 3. The third kappa shape index (κ3) is 2.24. The van der Waals surface area contributed by atoms with Crippen molar-refractivity contribution in [2.45, 2.75) is 12.6 Å². The second-order valence-electron chi connectivity index (χ2n) is 4.80. The molecule has 1 aliphatic rings. The van der Waals surface area contributed by atoms with Crippen molar-refractivity contribution in [3.63, 3.8) is 0 Å². The van der Waals surface area contributed by atoms with Crippen LogP contribution in [0.2, 0.25) is 0 Å². The topological polar surface area (TPSA) is 49.3 Å². The van der Waals surface area contributed by atoms with E-state index in [2.05, 4.69) is 5.32 Å². The van der Waals surface area contributed by atoms with Crippen LogP contribution in [0.1, 0.15) is 28.3 Å². The Balaban J connectivity index is 2.02. The van der Waals surface area contributed by atoms with E-state index in [4.69, 9.17) is 5.11 Å². The van der Waals surface area contributed by atoms with Crippen molar-refractivity contribution >= 4 is 18.1 Å². The Morgan fingerprint density at radius 1 is 1.10 bits per heavy atom. The van der Waals surface area contributed by atoms with Gasteiger partial charge in [-0.2, -0.15) is 0 Å². The standard InChI is InChI=1S/C17H15NO2/c19-10-12-5-7-13(8-6-12)16-9-14-3-1-2-4-15(14)17(11-20)18-16/h1-9,11,17-19H,10H2. The normalized spacial score (nSPS) is 16.9. The number of aliphatic hydroxyl groups is 1. The molecule has 20 heavy (non-hydrogen) atoms. The molecule has 1 aliphatic heterocycles. The van der Waals surface area contributed by atoms with Crippen LogP contribution in [0.25, 0.3) is 11.8 Å². The van der Waals surface area contributed by atoms with Crippen LogP contribution in [0.4, 0.5) is 0 Å². The molecule has 0 saturated carbocycles. The molecule has 0 aliphatic carbocycles. The van der Waals surface area contributed by atoms with Gasteiger partial charge in [0.05, 0.1) is 6.61 Å². The van der Waals surface area contributed by atoms with Gasteiger partial charge in [0.15, 0.2) is 0 Å². The second-order valence-corrected chi connectivity index (χ2v) is 4.80. The Morgan fingerprint density at radius 2 is 1.85 bits per heavy atom. The summed E-state index contributed by atoms with van der Waals surface area (Å²) in [6.45, 7) is 0.0343. The number of hydrogen-bond acceptors (Lipinski definition) is 3. The molecule has 2 aromatic rings. The zero-order valence-electron chi connectivity index (χ0n) is 10.9. The summed E-state index contributed by atoms with van der Waals surface area (Å²) in [5, 5.41) is 12.3. The summed E-state index contributed by atoms with van der Waals surface area (Å²) in [5.74, 6) is 0. The van der Waals surface area contributed by atoms with Gasteiger partial charge in [-0.05, 0) is 28.3 Å². The Morgan fingerprint density at radius 3 is 2.55 bits per heavy atom. The van der Waals surface area contributed by atoms with Gasteiger partial charge in [0.25, 0.3) is 0 Å². The summed E-state index contributed by atoms with van der Waals surface area (Å²) >= 11 is 0. The maximum atomic E-state index is 11.3. The quantitative estimate of drug-likeness (QED) is 0.838. The van der Waals surface area contributed by atoms with Gasteiger partial charge in [0.2, 0.25) is 0 Å². The summed E-state index contributed by atoms with van der Waals surface area (Å²) in [6, 6.07) is 15.2. The van der Waals surface area contributed by atoms with Crippen molar-refractivity contribution < 1.29 is 9.90 Å². The van der Waals surface area contributed by atoms with E-state index in [0.717, 1.165) is 34.2 Å². The number of carbonyl (C=O) groups excluding carboxylic acids is 1. The Hall–Kier alpha value is -2.39. The third-order valence-corrected chi connectivity index (χ3v) is 3.53. The first kappa shape index (κ1) is 12.6. The lowest BCUT2D eigenvalue weighted by Gasteiger charge is -2.24. The van der Waals surface area contributed by atoms with Crippen molar-refractivity contribution in [1.29, 1.82) is 0 Å². The highest BCUT2D eigenvalue weighted by atomic mass is 16.3. The first-order valence-electron chi connectivity index (χ1n) is 6.54. The molecule has 0 amide bonds. The van der Waals surface area contributed by atoms with Gasteiger partial charge in [0, 0.05) is 5.70 Å². The zero-order valence-corrected chi connectivity index (χ0v) is 10.9. The van der Waals surface area contributed by atoms with Gasteiger partial charge >= 0.3 is 0 Å². The molecule has 3 rings (SSSR count). The number of hydrogen-bond donors (Lipinski definition) is 2. The highest BCUT2D eigenvalue weighted by Crippen LogP contribution is 2.29. The molecule has 0 aromatic heterocycles. The lowest BCUT2D eigenvalue weighted by atomic mass is 9.94. The van der Waals surface area contributed by atoms with E-state index < -0.39 is 0 Å². The van der Waals surface area contributed by atoms with E-state index in [1.165, 1.54) is 0 Å². The lowest BCUT2D eigenvalue weighted by molar-refractivity contribution is -0.109. The van der Waals surface area contributed by atoms with Gasteiger partial charge in [-0.1, -0.05) is 48.5 Å². The maximum Gasteiger partial charge on any atom is 0.146 e. The van der Waals surface area contributed by atoms with E-state index in [-0.39, 0.29) is 12.6 Å². The van der Waals surface area contributed by atoms with Crippen LogP contribution in [0.15, 0.2) is 48.5 Å². The molecule has 1 unspecified atom stereocenters. The summed E-state index contributed by atoms with van der Waals surface area (Å²) in [5.41, 5.74) is 4.86. The minimum absolute atomic E-state index is 0.0343. The number of benzene rings is 2. The molecular formula is C17H15NO2. The van der Waals surface area contributed by atoms with Gasteiger partial charge < -0.3 is 15.2 Å². The Bertz CT molecular complexity index is 659. The van der Waals surface area contributed by atoms with Gasteiger partial charge in [-0.3, -0.25) is 0 Å². The first-order valence-corrected chi connectivity index (χ1v) is 6.54. The molecule has 0 fully saturated rings. The van der Waals surface area contributed by atoms with Crippen LogP contribution in [0, 0.1) is 0 Å². The molecule has 0 saturated heterocycles.